The van der Waals surface area contributed by atoms with Crippen LogP contribution in [0.4, 0.5) is 0 Å². The second-order valence-corrected chi connectivity index (χ2v) is 5.89. The first-order chi connectivity index (χ1) is 7.10. The molecule has 1 unspecified atom stereocenters. The van der Waals surface area contributed by atoms with Gasteiger partial charge in [-0.3, -0.25) is 0 Å². The van der Waals surface area contributed by atoms with Gasteiger partial charge in [0.2, 0.25) is 0 Å². The third kappa shape index (κ3) is 2.73. The van der Waals surface area contributed by atoms with Crippen molar-refractivity contribution in [3.05, 3.63) is 0 Å². The summed E-state index contributed by atoms with van der Waals surface area (Å²) < 4.78 is 6.32. The van der Waals surface area contributed by atoms with Crippen molar-refractivity contribution in [3.8, 4) is 0 Å². The molecule has 2 aliphatic rings. The van der Waals surface area contributed by atoms with E-state index in [1.54, 1.807) is 0 Å². The Bertz CT molecular complexity index is 207. The van der Waals surface area contributed by atoms with Crippen LogP contribution in [0.1, 0.15) is 46.0 Å². The molecule has 0 bridgehead atoms. The fraction of sp³-hybridized carbons (Fsp3) is 1.00. The van der Waals surface area contributed by atoms with Gasteiger partial charge in [0.15, 0.2) is 0 Å². The fourth-order valence-electron chi connectivity index (χ4n) is 2.98. The molecule has 2 heterocycles. The third-order valence-corrected chi connectivity index (χ3v) is 3.97. The lowest BCUT2D eigenvalue weighted by atomic mass is 9.88. The van der Waals surface area contributed by atoms with Crippen molar-refractivity contribution in [3.63, 3.8) is 0 Å². The van der Waals surface area contributed by atoms with Gasteiger partial charge >= 0.3 is 0 Å². The predicted molar refractivity (Wildman–Crippen MR) is 63.0 cm³/mol. The van der Waals surface area contributed by atoms with Gasteiger partial charge in [-0.1, -0.05) is 13.8 Å². The predicted octanol–water partition coefficient (Wildman–Crippen LogP) is 2.68. The quantitative estimate of drug-likeness (QED) is 0.696. The summed E-state index contributed by atoms with van der Waals surface area (Å²) in [6.45, 7) is 7.02. The first-order valence-electron chi connectivity index (χ1n) is 6.46. The molecule has 2 fully saturated rings. The Balaban J connectivity index is 1.85. The molecule has 2 aliphatic heterocycles. The lowest BCUT2D eigenvalue weighted by Gasteiger charge is -2.37. The molecule has 2 saturated heterocycles. The van der Waals surface area contributed by atoms with Crippen LogP contribution in [-0.2, 0) is 4.74 Å². The van der Waals surface area contributed by atoms with Gasteiger partial charge in [-0.25, -0.2) is 0 Å². The zero-order chi connectivity index (χ0) is 10.9. The molecule has 0 aromatic rings. The lowest BCUT2D eigenvalue weighted by molar-refractivity contribution is -0.0785. The molecule has 0 radical (unpaired) electrons. The Morgan fingerprint density at radius 3 is 2.53 bits per heavy atom. The molecule has 88 valence electrons. The van der Waals surface area contributed by atoms with Gasteiger partial charge < -0.3 is 9.64 Å². The molecule has 0 aliphatic carbocycles. The molecule has 2 rings (SSSR count). The normalized spacial score (nSPS) is 31.6. The molecular weight excluding hydrogens is 186 g/mol. The number of hydrogen-bond donors (Lipinski definition) is 0. The van der Waals surface area contributed by atoms with Crippen LogP contribution in [0.15, 0.2) is 0 Å². The third-order valence-electron chi connectivity index (χ3n) is 3.97. The highest BCUT2D eigenvalue weighted by molar-refractivity contribution is 4.93. The van der Waals surface area contributed by atoms with Crippen LogP contribution in [0, 0.1) is 5.92 Å². The van der Waals surface area contributed by atoms with Crippen molar-refractivity contribution in [1.82, 2.24) is 4.90 Å². The highest BCUT2D eigenvalue weighted by Gasteiger charge is 2.41. The molecule has 2 heteroatoms. The standard InChI is InChI=1S/C13H25NO/c1-11(2)10-12-4-5-13(15-12)6-8-14(3)9-7-13/h11-12H,4-10H2,1-3H3. The Hall–Kier alpha value is -0.0800. The van der Waals surface area contributed by atoms with E-state index in [1.165, 1.54) is 45.2 Å². The Morgan fingerprint density at radius 2 is 1.93 bits per heavy atom. The van der Waals surface area contributed by atoms with E-state index in [9.17, 15) is 0 Å². The highest BCUT2D eigenvalue weighted by Crippen LogP contribution is 2.40. The average molecular weight is 211 g/mol. The maximum Gasteiger partial charge on any atom is 0.0711 e. The topological polar surface area (TPSA) is 12.5 Å². The van der Waals surface area contributed by atoms with Gasteiger partial charge in [0, 0.05) is 13.1 Å². The average Bonchev–Trinajstić information content (AvgIpc) is 2.54. The van der Waals surface area contributed by atoms with Crippen LogP contribution in [0.2, 0.25) is 0 Å². The van der Waals surface area contributed by atoms with Gasteiger partial charge in [-0.2, -0.15) is 0 Å². The van der Waals surface area contributed by atoms with Crippen molar-refractivity contribution in [1.29, 1.82) is 0 Å². The van der Waals surface area contributed by atoms with Gasteiger partial charge in [0.1, 0.15) is 0 Å². The minimum absolute atomic E-state index is 0.270. The van der Waals surface area contributed by atoms with Gasteiger partial charge in [0.05, 0.1) is 11.7 Å². The highest BCUT2D eigenvalue weighted by atomic mass is 16.5. The van der Waals surface area contributed by atoms with E-state index in [1.807, 2.05) is 0 Å². The van der Waals surface area contributed by atoms with Crippen LogP contribution in [0.25, 0.3) is 0 Å². The van der Waals surface area contributed by atoms with Crippen LogP contribution in [-0.4, -0.2) is 36.7 Å². The van der Waals surface area contributed by atoms with E-state index in [-0.39, 0.29) is 5.60 Å². The fourth-order valence-corrected chi connectivity index (χ4v) is 2.98. The van der Waals surface area contributed by atoms with E-state index in [4.69, 9.17) is 4.74 Å². The number of nitrogens with zero attached hydrogens (tertiary/aromatic N) is 1. The Morgan fingerprint density at radius 1 is 1.27 bits per heavy atom. The number of piperidine rings is 1. The maximum atomic E-state index is 6.32. The van der Waals surface area contributed by atoms with Gasteiger partial charge in [-0.15, -0.1) is 0 Å². The summed E-state index contributed by atoms with van der Waals surface area (Å²) in [6, 6.07) is 0. The van der Waals surface area contributed by atoms with Crippen LogP contribution in [0.3, 0.4) is 0 Å². The number of likely N-dealkylation sites (tertiary alicyclic amines) is 1. The molecule has 1 atom stereocenters. The SMILES string of the molecule is CC(C)CC1CCC2(CCN(C)CC2)O1. The minimum atomic E-state index is 0.270. The molecule has 1 spiro atoms. The molecule has 0 amide bonds. The van der Waals surface area contributed by atoms with Crippen molar-refractivity contribution in [2.24, 2.45) is 5.92 Å². The monoisotopic (exact) mass is 211 g/mol. The molecule has 0 saturated carbocycles. The van der Waals surface area contributed by atoms with E-state index >= 15 is 0 Å². The van der Waals surface area contributed by atoms with E-state index in [2.05, 4.69) is 25.8 Å². The summed E-state index contributed by atoms with van der Waals surface area (Å²) in [4.78, 5) is 2.42. The zero-order valence-corrected chi connectivity index (χ0v) is 10.5. The molecule has 15 heavy (non-hydrogen) atoms. The van der Waals surface area contributed by atoms with Crippen molar-refractivity contribution in [2.75, 3.05) is 20.1 Å². The lowest BCUT2D eigenvalue weighted by Crippen LogP contribution is -2.42. The molecule has 2 nitrogen and oxygen atoms in total. The van der Waals surface area contributed by atoms with Gasteiger partial charge in [-0.05, 0) is 45.1 Å². The minimum Gasteiger partial charge on any atom is -0.372 e. The summed E-state index contributed by atoms with van der Waals surface area (Å²) in [5, 5.41) is 0. The summed E-state index contributed by atoms with van der Waals surface area (Å²) in [7, 11) is 2.22. The molecule has 0 aromatic carbocycles. The summed E-state index contributed by atoms with van der Waals surface area (Å²) in [6.07, 6.45) is 6.89. The largest absolute Gasteiger partial charge is 0.372 e. The van der Waals surface area contributed by atoms with Crippen molar-refractivity contribution < 1.29 is 4.74 Å². The van der Waals surface area contributed by atoms with Crippen LogP contribution >= 0.6 is 0 Å². The van der Waals surface area contributed by atoms with E-state index < -0.39 is 0 Å². The second kappa shape index (κ2) is 4.42. The summed E-state index contributed by atoms with van der Waals surface area (Å²) >= 11 is 0. The smallest absolute Gasteiger partial charge is 0.0711 e. The number of hydrogen-bond acceptors (Lipinski definition) is 2. The molecule has 0 N–H and O–H groups in total. The Labute approximate surface area is 94.0 Å². The van der Waals surface area contributed by atoms with Crippen molar-refractivity contribution in [2.45, 2.75) is 57.7 Å². The number of rotatable bonds is 2. The van der Waals surface area contributed by atoms with E-state index in [0.29, 0.717) is 6.10 Å². The van der Waals surface area contributed by atoms with Gasteiger partial charge in [0.25, 0.3) is 0 Å². The Kier molecular flexibility index (Phi) is 3.36. The summed E-state index contributed by atoms with van der Waals surface area (Å²) in [5.41, 5.74) is 0.270. The number of ether oxygens (including phenoxy) is 1. The summed E-state index contributed by atoms with van der Waals surface area (Å²) in [5.74, 6) is 0.774. The first-order valence-corrected chi connectivity index (χ1v) is 6.46. The maximum absolute atomic E-state index is 6.32. The zero-order valence-electron chi connectivity index (χ0n) is 10.5. The van der Waals surface area contributed by atoms with Crippen LogP contribution in [0.5, 0.6) is 0 Å². The van der Waals surface area contributed by atoms with E-state index in [0.717, 1.165) is 5.92 Å². The second-order valence-electron chi connectivity index (χ2n) is 5.89. The van der Waals surface area contributed by atoms with Crippen molar-refractivity contribution >= 4 is 0 Å². The van der Waals surface area contributed by atoms with Crippen LogP contribution < -0.4 is 0 Å². The molecular formula is C13H25NO. The first kappa shape index (κ1) is 11.4. The molecule has 0 aromatic heterocycles.